The van der Waals surface area contributed by atoms with Crippen molar-refractivity contribution < 1.29 is 17.6 Å². The fourth-order valence-electron chi connectivity index (χ4n) is 3.16. The first-order valence-corrected chi connectivity index (χ1v) is 10.3. The number of fused-ring (bicyclic) bond motifs is 1. The van der Waals surface area contributed by atoms with E-state index in [0.717, 1.165) is 24.0 Å². The van der Waals surface area contributed by atoms with E-state index in [-0.39, 0.29) is 17.8 Å². The molecule has 0 unspecified atom stereocenters. The van der Waals surface area contributed by atoms with Crippen LogP contribution >= 0.6 is 0 Å². The molecule has 0 fully saturated rings. The molecule has 0 aromatic heterocycles. The number of nitrogens with zero attached hydrogens (tertiary/aromatic N) is 1. The molecule has 0 spiro atoms. The number of amides is 1. The lowest BCUT2D eigenvalue weighted by Crippen LogP contribution is -2.35. The highest BCUT2D eigenvalue weighted by molar-refractivity contribution is 7.92. The maximum Gasteiger partial charge on any atom is 0.251 e. The molecule has 0 radical (unpaired) electrons. The Morgan fingerprint density at radius 3 is 2.54 bits per heavy atom. The Bertz CT molecular complexity index is 926. The lowest BCUT2D eigenvalue weighted by atomic mass is 10.00. The molecule has 0 aliphatic carbocycles. The minimum absolute atomic E-state index is 0.249. The quantitative estimate of drug-likeness (QED) is 0.892. The van der Waals surface area contributed by atoms with Gasteiger partial charge in [-0.3, -0.25) is 9.10 Å². The summed E-state index contributed by atoms with van der Waals surface area (Å²) in [5, 5.41) is 2.89. The largest absolute Gasteiger partial charge is 0.346 e. The second-order valence-corrected chi connectivity index (χ2v) is 8.44. The van der Waals surface area contributed by atoms with Crippen molar-refractivity contribution in [3.8, 4) is 0 Å². The van der Waals surface area contributed by atoms with Gasteiger partial charge in [0.25, 0.3) is 5.91 Å². The summed E-state index contributed by atoms with van der Waals surface area (Å²) in [6.07, 6.45) is 2.64. The van der Waals surface area contributed by atoms with Crippen molar-refractivity contribution in [3.05, 3.63) is 65.0 Å². The van der Waals surface area contributed by atoms with Crippen LogP contribution in [0.4, 0.5) is 10.1 Å². The van der Waals surface area contributed by atoms with Gasteiger partial charge in [-0.1, -0.05) is 12.1 Å². The SMILES string of the molecule is C[C@@H](NC(=O)c1ccc2c(c1)CCCN2S(C)(=O)=O)c1ccc(F)cc1. The van der Waals surface area contributed by atoms with Gasteiger partial charge in [0, 0.05) is 12.1 Å². The molecule has 0 bridgehead atoms. The minimum Gasteiger partial charge on any atom is -0.346 e. The molecule has 1 heterocycles. The zero-order chi connectivity index (χ0) is 18.9. The van der Waals surface area contributed by atoms with Crippen LogP contribution in [0.3, 0.4) is 0 Å². The second-order valence-electron chi connectivity index (χ2n) is 6.53. The molecule has 1 amide bonds. The summed E-state index contributed by atoms with van der Waals surface area (Å²) in [4.78, 5) is 12.5. The van der Waals surface area contributed by atoms with E-state index in [1.165, 1.54) is 22.7 Å². The van der Waals surface area contributed by atoms with Gasteiger partial charge in [0.15, 0.2) is 0 Å². The predicted molar refractivity (Wildman–Crippen MR) is 99.2 cm³/mol. The van der Waals surface area contributed by atoms with E-state index in [0.29, 0.717) is 17.8 Å². The zero-order valence-electron chi connectivity index (χ0n) is 14.7. The first kappa shape index (κ1) is 18.4. The van der Waals surface area contributed by atoms with Crippen LogP contribution in [0.25, 0.3) is 0 Å². The minimum atomic E-state index is -3.33. The van der Waals surface area contributed by atoms with Gasteiger partial charge in [-0.2, -0.15) is 0 Å². The molecule has 1 N–H and O–H groups in total. The van der Waals surface area contributed by atoms with Gasteiger partial charge in [0.1, 0.15) is 5.82 Å². The van der Waals surface area contributed by atoms with Crippen molar-refractivity contribution in [2.45, 2.75) is 25.8 Å². The Morgan fingerprint density at radius 2 is 1.88 bits per heavy atom. The fraction of sp³-hybridized carbons (Fsp3) is 0.316. The maximum absolute atomic E-state index is 13.0. The summed E-state index contributed by atoms with van der Waals surface area (Å²) < 4.78 is 38.2. The number of halogens is 1. The second kappa shape index (κ2) is 7.07. The molecule has 26 heavy (non-hydrogen) atoms. The molecule has 7 heteroatoms. The number of carbonyl (C=O) groups is 1. The lowest BCUT2D eigenvalue weighted by Gasteiger charge is -2.29. The topological polar surface area (TPSA) is 66.5 Å². The van der Waals surface area contributed by atoms with Crippen LogP contribution in [0.15, 0.2) is 42.5 Å². The number of sulfonamides is 1. The molecule has 0 saturated heterocycles. The van der Waals surface area contributed by atoms with E-state index in [1.807, 2.05) is 6.92 Å². The average molecular weight is 376 g/mol. The van der Waals surface area contributed by atoms with Crippen molar-refractivity contribution in [1.82, 2.24) is 5.32 Å². The molecule has 2 aromatic rings. The van der Waals surface area contributed by atoms with Gasteiger partial charge >= 0.3 is 0 Å². The Labute approximate surface area is 152 Å². The zero-order valence-corrected chi connectivity index (χ0v) is 15.5. The lowest BCUT2D eigenvalue weighted by molar-refractivity contribution is 0.0940. The summed E-state index contributed by atoms with van der Waals surface area (Å²) in [5.41, 5.74) is 2.78. The Balaban J connectivity index is 1.79. The van der Waals surface area contributed by atoms with Crippen LogP contribution in [-0.4, -0.2) is 27.1 Å². The Kier molecular flexibility index (Phi) is 5.00. The van der Waals surface area contributed by atoms with Crippen LogP contribution in [0.5, 0.6) is 0 Å². The van der Waals surface area contributed by atoms with Gasteiger partial charge in [-0.05, 0) is 61.2 Å². The number of nitrogens with one attached hydrogen (secondary N) is 1. The van der Waals surface area contributed by atoms with Gasteiger partial charge in [0.05, 0.1) is 18.0 Å². The molecule has 138 valence electrons. The molecule has 1 atom stereocenters. The van der Waals surface area contributed by atoms with E-state index >= 15 is 0 Å². The average Bonchev–Trinajstić information content (AvgIpc) is 2.60. The highest BCUT2D eigenvalue weighted by atomic mass is 32.2. The van der Waals surface area contributed by atoms with Crippen LogP contribution in [-0.2, 0) is 16.4 Å². The molecule has 1 aliphatic rings. The number of benzene rings is 2. The summed E-state index contributed by atoms with van der Waals surface area (Å²) in [6, 6.07) is 10.8. The smallest absolute Gasteiger partial charge is 0.251 e. The van der Waals surface area contributed by atoms with Crippen LogP contribution in [0.1, 0.15) is 40.9 Å². The molecule has 5 nitrogen and oxygen atoms in total. The van der Waals surface area contributed by atoms with Crippen molar-refractivity contribution in [3.63, 3.8) is 0 Å². The van der Waals surface area contributed by atoms with Crippen molar-refractivity contribution in [2.75, 3.05) is 17.1 Å². The van der Waals surface area contributed by atoms with Gasteiger partial charge in [0.2, 0.25) is 10.0 Å². The molecular weight excluding hydrogens is 355 g/mol. The number of rotatable bonds is 4. The summed E-state index contributed by atoms with van der Waals surface area (Å²) in [5.74, 6) is -0.571. The molecular formula is C19H21FN2O3S. The highest BCUT2D eigenvalue weighted by Crippen LogP contribution is 2.30. The fourth-order valence-corrected chi connectivity index (χ4v) is 4.16. The van der Waals surface area contributed by atoms with Crippen LogP contribution in [0, 0.1) is 5.82 Å². The summed E-state index contributed by atoms with van der Waals surface area (Å²) in [7, 11) is -3.33. The van der Waals surface area contributed by atoms with Crippen LogP contribution in [0.2, 0.25) is 0 Å². The normalized spacial score (nSPS) is 15.3. The van der Waals surface area contributed by atoms with Crippen molar-refractivity contribution in [1.29, 1.82) is 0 Å². The van der Waals surface area contributed by atoms with E-state index in [4.69, 9.17) is 0 Å². The first-order valence-electron chi connectivity index (χ1n) is 8.42. The predicted octanol–water partition coefficient (Wildman–Crippen LogP) is 3.03. The van der Waals surface area contributed by atoms with Crippen molar-refractivity contribution >= 4 is 21.6 Å². The molecule has 0 saturated carbocycles. The third-order valence-electron chi connectivity index (χ3n) is 4.54. The van der Waals surface area contributed by atoms with E-state index in [2.05, 4.69) is 5.32 Å². The number of carbonyl (C=O) groups excluding carboxylic acids is 1. The Hall–Kier alpha value is -2.41. The van der Waals surface area contributed by atoms with Gasteiger partial charge < -0.3 is 5.32 Å². The Morgan fingerprint density at radius 1 is 1.19 bits per heavy atom. The molecule has 3 rings (SSSR count). The van der Waals surface area contributed by atoms with Crippen molar-refractivity contribution in [2.24, 2.45) is 0 Å². The maximum atomic E-state index is 13.0. The summed E-state index contributed by atoms with van der Waals surface area (Å²) >= 11 is 0. The number of hydrogen-bond donors (Lipinski definition) is 1. The number of hydrogen-bond acceptors (Lipinski definition) is 3. The molecule has 2 aromatic carbocycles. The number of anilines is 1. The van der Waals surface area contributed by atoms with E-state index < -0.39 is 10.0 Å². The molecule has 1 aliphatic heterocycles. The van der Waals surface area contributed by atoms with E-state index in [1.54, 1.807) is 30.3 Å². The third-order valence-corrected chi connectivity index (χ3v) is 5.72. The summed E-state index contributed by atoms with van der Waals surface area (Å²) in [6.45, 7) is 2.29. The van der Waals surface area contributed by atoms with Crippen LogP contribution < -0.4 is 9.62 Å². The van der Waals surface area contributed by atoms with E-state index in [9.17, 15) is 17.6 Å². The number of aryl methyl sites for hydroxylation is 1. The third kappa shape index (κ3) is 3.88. The highest BCUT2D eigenvalue weighted by Gasteiger charge is 2.25. The monoisotopic (exact) mass is 376 g/mol. The first-order chi connectivity index (χ1) is 12.3. The van der Waals surface area contributed by atoms with Gasteiger partial charge in [-0.25, -0.2) is 12.8 Å². The standard InChI is InChI=1S/C19H21FN2O3S/c1-13(14-5-8-17(20)9-6-14)21-19(23)16-7-10-18-15(12-16)4-3-11-22(18)26(2,24)25/h5-10,12-13H,3-4,11H2,1-2H3,(H,21,23)/t13-/m1/s1. The van der Waals surface area contributed by atoms with Gasteiger partial charge in [-0.15, -0.1) is 0 Å².